The summed E-state index contributed by atoms with van der Waals surface area (Å²) in [4.78, 5) is 4.18. The van der Waals surface area contributed by atoms with Crippen LogP contribution >= 0.6 is 0 Å². The predicted molar refractivity (Wildman–Crippen MR) is 98.4 cm³/mol. The minimum atomic E-state index is -3.52. The van der Waals surface area contributed by atoms with Crippen molar-refractivity contribution in [1.82, 2.24) is 8.96 Å². The van der Waals surface area contributed by atoms with Crippen molar-refractivity contribution in [2.24, 2.45) is 5.92 Å². The third-order valence-corrected chi connectivity index (χ3v) is 6.27. The highest BCUT2D eigenvalue weighted by atomic mass is 32.2. The Morgan fingerprint density at radius 2 is 2.21 bits per heavy atom. The van der Waals surface area contributed by atoms with Crippen LogP contribution in [0, 0.1) is 5.92 Å². The summed E-state index contributed by atoms with van der Waals surface area (Å²) in [6.07, 6.45) is 4.39. The fourth-order valence-corrected chi connectivity index (χ4v) is 4.34. The van der Waals surface area contributed by atoms with E-state index in [9.17, 15) is 13.0 Å². The average molecular weight is 367 g/mol. The van der Waals surface area contributed by atoms with Gasteiger partial charge in [0, 0.05) is 5.57 Å². The van der Waals surface area contributed by atoms with Gasteiger partial charge in [-0.15, -0.1) is 0 Å². The number of hydrogen-bond acceptors (Lipinski definition) is 5. The molecular formula is C16H21N3O3S2. The summed E-state index contributed by atoms with van der Waals surface area (Å²) in [5, 5.41) is 1.82. The number of hydrogen-bond donors (Lipinski definition) is 1. The van der Waals surface area contributed by atoms with Crippen LogP contribution in [0.25, 0.3) is 16.6 Å². The normalized spacial score (nSPS) is 17.4. The smallest absolute Gasteiger partial charge is 0.239 e. The lowest BCUT2D eigenvalue weighted by atomic mass is 10.0. The van der Waals surface area contributed by atoms with E-state index in [1.807, 2.05) is 24.5 Å². The minimum absolute atomic E-state index is 0.0468. The van der Waals surface area contributed by atoms with E-state index >= 15 is 0 Å². The van der Waals surface area contributed by atoms with Gasteiger partial charge in [-0.1, -0.05) is 6.07 Å². The Bertz CT molecular complexity index is 899. The van der Waals surface area contributed by atoms with Crippen molar-refractivity contribution >= 4 is 43.8 Å². The van der Waals surface area contributed by atoms with Gasteiger partial charge in [0.1, 0.15) is 11.2 Å². The summed E-state index contributed by atoms with van der Waals surface area (Å²) < 4.78 is 36.8. The molecule has 1 saturated carbocycles. The van der Waals surface area contributed by atoms with Crippen molar-refractivity contribution in [3.63, 3.8) is 0 Å². The van der Waals surface area contributed by atoms with Gasteiger partial charge in [0.2, 0.25) is 16.0 Å². The Kier molecular flexibility index (Phi) is 4.63. The maximum Gasteiger partial charge on any atom is 0.239 e. The third kappa shape index (κ3) is 3.60. The molecule has 24 heavy (non-hydrogen) atoms. The van der Waals surface area contributed by atoms with E-state index in [0.717, 1.165) is 27.8 Å². The molecule has 1 unspecified atom stereocenters. The number of fused-ring (bicyclic) bond motifs is 1. The Balaban J connectivity index is 2.07. The van der Waals surface area contributed by atoms with Crippen LogP contribution in [0.15, 0.2) is 23.6 Å². The number of nitrogens with zero attached hydrogens (tertiary/aromatic N) is 2. The zero-order chi connectivity index (χ0) is 17.5. The van der Waals surface area contributed by atoms with E-state index in [2.05, 4.69) is 4.98 Å². The number of anilines is 1. The molecule has 1 atom stereocenters. The van der Waals surface area contributed by atoms with Crippen molar-refractivity contribution < 1.29 is 13.0 Å². The zero-order valence-corrected chi connectivity index (χ0v) is 15.4. The first-order valence-corrected chi connectivity index (χ1v) is 11.1. The van der Waals surface area contributed by atoms with Gasteiger partial charge in [-0.05, 0) is 61.0 Å². The fraction of sp³-hybridized carbons (Fsp3) is 0.438. The fourth-order valence-electron chi connectivity index (χ4n) is 2.73. The third-order valence-electron chi connectivity index (χ3n) is 4.10. The average Bonchev–Trinajstić information content (AvgIpc) is 3.24. The Hall–Kier alpha value is -1.51. The van der Waals surface area contributed by atoms with E-state index in [4.69, 9.17) is 5.73 Å². The molecular weight excluding hydrogens is 346 g/mol. The monoisotopic (exact) mass is 367 g/mol. The molecule has 2 N–H and O–H groups in total. The highest BCUT2D eigenvalue weighted by Gasteiger charge is 2.25. The maximum atomic E-state index is 12.0. The number of aromatic nitrogens is 2. The second-order valence-electron chi connectivity index (χ2n) is 6.16. The number of rotatable bonds is 6. The van der Waals surface area contributed by atoms with Crippen LogP contribution in [0.2, 0.25) is 0 Å². The molecule has 3 rings (SSSR count). The molecule has 1 fully saturated rings. The van der Waals surface area contributed by atoms with Crippen molar-refractivity contribution in [3.05, 3.63) is 29.2 Å². The molecule has 0 bridgehead atoms. The standard InChI is InChI=1S/C16H21N3O3S2/c1-3-23(20)10-13(8-11-4-5-11)12-6-7-15-14(9-12)18-16(17)19(15)24(2,21)22/h6-7,9-11H,3-5,8H2,1-2H3,(H2,17,18)/b13-10-. The molecule has 1 aliphatic carbocycles. The molecule has 0 spiro atoms. The quantitative estimate of drug-likeness (QED) is 0.790. The second kappa shape index (κ2) is 6.42. The maximum absolute atomic E-state index is 12.0. The first kappa shape index (κ1) is 17.3. The topological polar surface area (TPSA) is 101 Å². The van der Waals surface area contributed by atoms with Gasteiger partial charge in [-0.25, -0.2) is 17.4 Å². The first-order chi connectivity index (χ1) is 11.3. The van der Waals surface area contributed by atoms with Crippen LogP contribution in [0.5, 0.6) is 0 Å². The van der Waals surface area contributed by atoms with Crippen LogP contribution in [0.4, 0.5) is 5.95 Å². The number of imidazole rings is 1. The highest BCUT2D eigenvalue weighted by Crippen LogP contribution is 2.39. The van der Waals surface area contributed by atoms with Crippen LogP contribution in [-0.4, -0.2) is 33.9 Å². The molecule has 0 aliphatic heterocycles. The molecule has 1 aromatic carbocycles. The van der Waals surface area contributed by atoms with Crippen LogP contribution in [0.1, 0.15) is 31.7 Å². The lowest BCUT2D eigenvalue weighted by Crippen LogP contribution is -2.12. The summed E-state index contributed by atoms with van der Waals surface area (Å²) >= 11 is -1.00. The second-order valence-corrected chi connectivity index (χ2v) is 9.57. The summed E-state index contributed by atoms with van der Waals surface area (Å²) in [6, 6.07) is 5.39. The summed E-state index contributed by atoms with van der Waals surface area (Å²) in [5.74, 6) is 1.18. The molecule has 1 aromatic heterocycles. The number of allylic oxidation sites excluding steroid dienone is 1. The zero-order valence-electron chi connectivity index (χ0n) is 13.7. The van der Waals surface area contributed by atoms with Crippen molar-refractivity contribution in [2.75, 3.05) is 17.7 Å². The highest BCUT2D eigenvalue weighted by molar-refractivity contribution is 7.94. The molecule has 0 radical (unpaired) electrons. The Labute approximate surface area is 145 Å². The van der Waals surface area contributed by atoms with E-state index in [0.29, 0.717) is 22.7 Å². The summed E-state index contributed by atoms with van der Waals surface area (Å²) in [7, 11) is -3.52. The van der Waals surface area contributed by atoms with Crippen molar-refractivity contribution in [2.45, 2.75) is 26.2 Å². The van der Waals surface area contributed by atoms with Gasteiger partial charge in [-0.3, -0.25) is 0 Å². The lowest BCUT2D eigenvalue weighted by Gasteiger charge is -2.10. The minimum Gasteiger partial charge on any atom is -0.612 e. The van der Waals surface area contributed by atoms with Crippen LogP contribution in [0.3, 0.4) is 0 Å². The molecule has 0 amide bonds. The van der Waals surface area contributed by atoms with Crippen molar-refractivity contribution in [3.8, 4) is 0 Å². The lowest BCUT2D eigenvalue weighted by molar-refractivity contribution is 0.595. The largest absolute Gasteiger partial charge is 0.612 e. The van der Waals surface area contributed by atoms with E-state index in [-0.39, 0.29) is 5.95 Å². The summed E-state index contributed by atoms with van der Waals surface area (Å²) in [5.41, 5.74) is 8.71. The van der Waals surface area contributed by atoms with Gasteiger partial charge in [0.25, 0.3) is 0 Å². The molecule has 6 nitrogen and oxygen atoms in total. The van der Waals surface area contributed by atoms with Crippen LogP contribution < -0.4 is 5.73 Å². The van der Waals surface area contributed by atoms with Crippen LogP contribution in [-0.2, 0) is 21.2 Å². The molecule has 8 heteroatoms. The first-order valence-electron chi connectivity index (χ1n) is 7.86. The van der Waals surface area contributed by atoms with Gasteiger partial charge < -0.3 is 10.3 Å². The van der Waals surface area contributed by atoms with Gasteiger partial charge in [0.05, 0.1) is 17.3 Å². The van der Waals surface area contributed by atoms with E-state index in [1.54, 1.807) is 6.07 Å². The van der Waals surface area contributed by atoms with Gasteiger partial charge >= 0.3 is 0 Å². The Morgan fingerprint density at radius 3 is 2.79 bits per heavy atom. The van der Waals surface area contributed by atoms with Gasteiger partial charge in [0.15, 0.2) is 0 Å². The van der Waals surface area contributed by atoms with Crippen molar-refractivity contribution in [1.29, 1.82) is 0 Å². The molecule has 2 aromatic rings. The SMILES string of the molecule is CC[S+]([O-])/C=C(/CC1CC1)c1ccc2c(c1)nc(N)n2S(C)(=O)=O. The number of nitrogen functional groups attached to an aromatic ring is 1. The van der Waals surface area contributed by atoms with E-state index in [1.165, 1.54) is 12.8 Å². The van der Waals surface area contributed by atoms with E-state index < -0.39 is 21.2 Å². The predicted octanol–water partition coefficient (Wildman–Crippen LogP) is 2.34. The molecule has 1 heterocycles. The molecule has 1 aliphatic rings. The molecule has 130 valence electrons. The molecule has 0 saturated heterocycles. The number of nitrogens with two attached hydrogens (primary N) is 1. The van der Waals surface area contributed by atoms with Gasteiger partial charge in [-0.2, -0.15) is 0 Å². The number of benzene rings is 1. The summed E-state index contributed by atoms with van der Waals surface area (Å²) in [6.45, 7) is 1.89. The Morgan fingerprint density at radius 1 is 1.50 bits per heavy atom.